The number of carboxylic acids is 3. The van der Waals surface area contributed by atoms with Crippen LogP contribution in [0.3, 0.4) is 0 Å². The molecule has 0 fully saturated rings. The number of ether oxygens (including phenoxy) is 1. The Morgan fingerprint density at radius 3 is 2.23 bits per heavy atom. The molecule has 12 nitrogen and oxygen atoms in total. The van der Waals surface area contributed by atoms with E-state index in [4.69, 9.17) is 25.2 Å². The molecule has 12 heteroatoms. The molecule has 4 N–H and O–H groups in total. The summed E-state index contributed by atoms with van der Waals surface area (Å²) < 4.78 is 7.48. The highest BCUT2D eigenvalue weighted by Crippen LogP contribution is 2.15. The Morgan fingerprint density at radius 1 is 1.11 bits per heavy atom. The molecule has 0 unspecified atom stereocenters. The van der Waals surface area contributed by atoms with E-state index in [0.29, 0.717) is 6.10 Å². The fourth-order valence-electron chi connectivity index (χ4n) is 3.07. The van der Waals surface area contributed by atoms with Crippen LogP contribution in [-0.2, 0) is 39.3 Å². The molecular weight excluding hydrogens is 460 g/mol. The summed E-state index contributed by atoms with van der Waals surface area (Å²) in [5.41, 5.74) is -0.420. The molecule has 0 atom stereocenters. The summed E-state index contributed by atoms with van der Waals surface area (Å²) in [6.45, 7) is 7.65. The standard InChI is InChI=1S/C17H26N4O.C6H8O7/c1-15(2)22-10-6-9-21(13-16-11-19-20(3)12-16)14-17-7-4-5-8-18-17;7-3(8)1-6(13,5(11)12)2-4(9)10/h4-5,7-8,11-12,15H,6,9-10,13-14H2,1-3H3;13H,1-2H2,(H,7,8)(H,9,10)(H,11,12). The third-order valence-electron chi connectivity index (χ3n) is 4.63. The van der Waals surface area contributed by atoms with Crippen molar-refractivity contribution in [1.29, 1.82) is 0 Å². The molecule has 0 aromatic carbocycles. The van der Waals surface area contributed by atoms with Crippen LogP contribution in [0.2, 0.25) is 0 Å². The number of aliphatic carboxylic acids is 3. The summed E-state index contributed by atoms with van der Waals surface area (Å²) in [5.74, 6) is -5.02. The quantitative estimate of drug-likeness (QED) is 0.279. The fraction of sp³-hybridized carbons (Fsp3) is 0.522. The summed E-state index contributed by atoms with van der Waals surface area (Å²) in [5, 5.41) is 38.1. The second-order valence-electron chi connectivity index (χ2n) is 8.30. The van der Waals surface area contributed by atoms with E-state index in [1.807, 2.05) is 36.3 Å². The Kier molecular flexibility index (Phi) is 12.6. The van der Waals surface area contributed by atoms with Crippen molar-refractivity contribution in [3.8, 4) is 0 Å². The van der Waals surface area contributed by atoms with E-state index < -0.39 is 36.4 Å². The fourth-order valence-corrected chi connectivity index (χ4v) is 3.07. The Balaban J connectivity index is 0.000000405. The average Bonchev–Trinajstić information content (AvgIpc) is 3.15. The van der Waals surface area contributed by atoms with Gasteiger partial charge >= 0.3 is 17.9 Å². The highest BCUT2D eigenvalue weighted by molar-refractivity contribution is 5.88. The van der Waals surface area contributed by atoms with Gasteiger partial charge in [0.1, 0.15) is 0 Å². The van der Waals surface area contributed by atoms with Gasteiger partial charge in [-0.3, -0.25) is 24.2 Å². The first-order valence-corrected chi connectivity index (χ1v) is 11.0. The third-order valence-corrected chi connectivity index (χ3v) is 4.63. The zero-order valence-corrected chi connectivity index (χ0v) is 20.2. The van der Waals surface area contributed by atoms with Crippen LogP contribution in [0.15, 0.2) is 36.8 Å². The molecule has 2 aromatic rings. The Labute approximate surface area is 203 Å². The molecule has 0 radical (unpaired) electrons. The van der Waals surface area contributed by atoms with E-state index in [1.54, 1.807) is 0 Å². The molecule has 0 aliphatic heterocycles. The van der Waals surface area contributed by atoms with E-state index in [9.17, 15) is 14.4 Å². The molecule has 2 rings (SSSR count). The molecule has 2 aromatic heterocycles. The number of aryl methyl sites for hydroxylation is 1. The van der Waals surface area contributed by atoms with Crippen LogP contribution in [0.25, 0.3) is 0 Å². The van der Waals surface area contributed by atoms with Crippen molar-refractivity contribution in [1.82, 2.24) is 19.7 Å². The van der Waals surface area contributed by atoms with Gasteiger partial charge in [0.15, 0.2) is 5.60 Å². The molecule has 2 heterocycles. The number of hydrogen-bond acceptors (Lipinski definition) is 8. The van der Waals surface area contributed by atoms with Crippen LogP contribution >= 0.6 is 0 Å². The maximum atomic E-state index is 10.3. The van der Waals surface area contributed by atoms with Gasteiger partial charge in [0.05, 0.1) is 30.8 Å². The third kappa shape index (κ3) is 12.6. The van der Waals surface area contributed by atoms with Gasteiger partial charge in [-0.25, -0.2) is 4.79 Å². The van der Waals surface area contributed by atoms with E-state index in [2.05, 4.69) is 41.1 Å². The minimum Gasteiger partial charge on any atom is -0.481 e. The highest BCUT2D eigenvalue weighted by atomic mass is 16.5. The first-order valence-electron chi connectivity index (χ1n) is 11.0. The predicted molar refractivity (Wildman–Crippen MR) is 124 cm³/mol. The van der Waals surface area contributed by atoms with Crippen molar-refractivity contribution >= 4 is 17.9 Å². The number of pyridine rings is 1. The summed E-state index contributed by atoms with van der Waals surface area (Å²) in [4.78, 5) is 37.3. The van der Waals surface area contributed by atoms with Gasteiger partial charge < -0.3 is 25.2 Å². The van der Waals surface area contributed by atoms with Gasteiger partial charge in [-0.1, -0.05) is 6.07 Å². The number of carboxylic acid groups (broad SMARTS) is 3. The number of aromatic nitrogens is 3. The van der Waals surface area contributed by atoms with Crippen LogP contribution in [0.4, 0.5) is 0 Å². The van der Waals surface area contributed by atoms with Gasteiger partial charge in [-0.05, 0) is 32.4 Å². The smallest absolute Gasteiger partial charge is 0.336 e. The van der Waals surface area contributed by atoms with Crippen LogP contribution in [0, 0.1) is 0 Å². The molecule has 0 saturated heterocycles. The average molecular weight is 495 g/mol. The van der Waals surface area contributed by atoms with Crippen molar-refractivity contribution < 1.29 is 39.5 Å². The lowest BCUT2D eigenvalue weighted by molar-refractivity contribution is -0.170. The second kappa shape index (κ2) is 14.8. The summed E-state index contributed by atoms with van der Waals surface area (Å²) in [6, 6.07) is 6.05. The van der Waals surface area contributed by atoms with Gasteiger partial charge in [0, 0.05) is 51.2 Å². The molecule has 194 valence electrons. The first-order chi connectivity index (χ1) is 16.4. The minimum absolute atomic E-state index is 0.294. The minimum atomic E-state index is -2.74. The maximum Gasteiger partial charge on any atom is 0.336 e. The van der Waals surface area contributed by atoms with Crippen molar-refractivity contribution in [3.05, 3.63) is 48.0 Å². The summed E-state index contributed by atoms with van der Waals surface area (Å²) in [6.07, 6.45) is 4.86. The number of aliphatic hydroxyl groups is 1. The van der Waals surface area contributed by atoms with Gasteiger partial charge in [-0.15, -0.1) is 0 Å². The number of carbonyl (C=O) groups is 3. The van der Waals surface area contributed by atoms with Crippen molar-refractivity contribution in [2.45, 2.75) is 57.9 Å². The van der Waals surface area contributed by atoms with Crippen LogP contribution in [0.5, 0.6) is 0 Å². The van der Waals surface area contributed by atoms with Crippen molar-refractivity contribution in [3.63, 3.8) is 0 Å². The summed E-state index contributed by atoms with van der Waals surface area (Å²) >= 11 is 0. The lowest BCUT2D eigenvalue weighted by atomic mass is 9.96. The molecule has 0 bridgehead atoms. The lowest BCUT2D eigenvalue weighted by Gasteiger charge is -2.21. The highest BCUT2D eigenvalue weighted by Gasteiger charge is 2.40. The monoisotopic (exact) mass is 494 g/mol. The SMILES string of the molecule is CC(C)OCCCN(Cc1cnn(C)c1)Cc1ccccn1.O=C(O)CC(O)(CC(=O)O)C(=O)O. The van der Waals surface area contributed by atoms with Crippen LogP contribution in [-0.4, -0.2) is 82.9 Å². The predicted octanol–water partition coefficient (Wildman–Crippen LogP) is 1.38. The van der Waals surface area contributed by atoms with Crippen LogP contribution in [0.1, 0.15) is 44.4 Å². The zero-order valence-electron chi connectivity index (χ0n) is 20.2. The molecule has 0 amide bonds. The van der Waals surface area contributed by atoms with E-state index in [-0.39, 0.29) is 0 Å². The Bertz CT molecular complexity index is 917. The topological polar surface area (TPSA) is 175 Å². The van der Waals surface area contributed by atoms with E-state index >= 15 is 0 Å². The molecular formula is C23H34N4O8. The molecule has 0 spiro atoms. The Morgan fingerprint density at radius 2 is 1.77 bits per heavy atom. The van der Waals surface area contributed by atoms with E-state index in [1.165, 1.54) is 5.56 Å². The van der Waals surface area contributed by atoms with Gasteiger partial charge in [0.25, 0.3) is 0 Å². The normalized spacial score (nSPS) is 11.3. The van der Waals surface area contributed by atoms with E-state index in [0.717, 1.165) is 38.4 Å². The number of rotatable bonds is 14. The molecule has 35 heavy (non-hydrogen) atoms. The first kappa shape index (κ1) is 29.7. The second-order valence-corrected chi connectivity index (χ2v) is 8.30. The molecule has 0 aliphatic rings. The maximum absolute atomic E-state index is 10.3. The number of nitrogens with zero attached hydrogens (tertiary/aromatic N) is 4. The lowest BCUT2D eigenvalue weighted by Crippen LogP contribution is -2.42. The summed E-state index contributed by atoms with van der Waals surface area (Å²) in [7, 11) is 1.95. The van der Waals surface area contributed by atoms with Crippen LogP contribution < -0.4 is 0 Å². The zero-order chi connectivity index (χ0) is 26.4. The van der Waals surface area contributed by atoms with Gasteiger partial charge in [-0.2, -0.15) is 5.10 Å². The van der Waals surface area contributed by atoms with Gasteiger partial charge in [0.2, 0.25) is 0 Å². The molecule has 0 aliphatic carbocycles. The van der Waals surface area contributed by atoms with Crippen molar-refractivity contribution in [2.75, 3.05) is 13.2 Å². The number of hydrogen-bond donors (Lipinski definition) is 4. The largest absolute Gasteiger partial charge is 0.481 e. The molecule has 0 saturated carbocycles. The Hall–Kier alpha value is -3.35. The van der Waals surface area contributed by atoms with Crippen molar-refractivity contribution in [2.24, 2.45) is 7.05 Å².